The van der Waals surface area contributed by atoms with Gasteiger partial charge in [-0.05, 0) is 45.0 Å². The Kier molecular flexibility index (Phi) is 7.17. The molecule has 2 aliphatic heterocycles. The molecule has 26 heavy (non-hydrogen) atoms. The van der Waals surface area contributed by atoms with Crippen molar-refractivity contribution >= 4 is 23.2 Å². The number of anilines is 1. The van der Waals surface area contributed by atoms with Crippen molar-refractivity contribution in [2.24, 2.45) is 0 Å². The highest BCUT2D eigenvalue weighted by Gasteiger charge is 2.26. The summed E-state index contributed by atoms with van der Waals surface area (Å²) in [6.45, 7) is 9.65. The number of nitrogens with zero attached hydrogens (tertiary/aromatic N) is 3. The molecule has 0 saturated carbocycles. The van der Waals surface area contributed by atoms with E-state index in [9.17, 15) is 4.79 Å². The van der Waals surface area contributed by atoms with E-state index in [4.69, 9.17) is 11.6 Å². The van der Waals surface area contributed by atoms with Crippen LogP contribution >= 0.6 is 11.6 Å². The van der Waals surface area contributed by atoms with E-state index >= 15 is 0 Å². The van der Waals surface area contributed by atoms with Gasteiger partial charge >= 0.3 is 0 Å². The number of carbonyl (C=O) groups is 1. The van der Waals surface area contributed by atoms with Gasteiger partial charge in [0, 0.05) is 39.3 Å². The molecule has 1 unspecified atom stereocenters. The second-order valence-electron chi connectivity index (χ2n) is 7.34. The zero-order valence-corrected chi connectivity index (χ0v) is 16.5. The lowest BCUT2D eigenvalue weighted by molar-refractivity contribution is -0.126. The van der Waals surface area contributed by atoms with E-state index in [2.05, 4.69) is 26.1 Å². The van der Waals surface area contributed by atoms with Gasteiger partial charge in [-0.3, -0.25) is 9.69 Å². The first-order valence-electron chi connectivity index (χ1n) is 9.89. The van der Waals surface area contributed by atoms with Crippen LogP contribution in [0.1, 0.15) is 26.2 Å². The molecule has 2 heterocycles. The molecule has 1 N–H and O–H groups in total. The highest BCUT2D eigenvalue weighted by atomic mass is 35.5. The van der Waals surface area contributed by atoms with Crippen LogP contribution in [0.25, 0.3) is 0 Å². The molecule has 0 aromatic heterocycles. The monoisotopic (exact) mass is 378 g/mol. The molecule has 1 atom stereocenters. The molecule has 0 aliphatic carbocycles. The zero-order valence-electron chi connectivity index (χ0n) is 15.8. The van der Waals surface area contributed by atoms with Crippen molar-refractivity contribution < 1.29 is 4.79 Å². The fourth-order valence-corrected chi connectivity index (χ4v) is 4.15. The average molecular weight is 379 g/mol. The number of amides is 1. The maximum Gasteiger partial charge on any atom is 0.237 e. The third kappa shape index (κ3) is 5.12. The van der Waals surface area contributed by atoms with Crippen molar-refractivity contribution in [3.05, 3.63) is 29.3 Å². The molecule has 2 fully saturated rings. The van der Waals surface area contributed by atoms with Gasteiger partial charge in [0.05, 0.1) is 16.8 Å². The van der Waals surface area contributed by atoms with Crippen molar-refractivity contribution in [2.75, 3.05) is 57.3 Å². The summed E-state index contributed by atoms with van der Waals surface area (Å²) in [5.74, 6) is 0.146. The Labute approximate surface area is 162 Å². The predicted molar refractivity (Wildman–Crippen MR) is 108 cm³/mol. The third-order valence-corrected chi connectivity index (χ3v) is 5.93. The van der Waals surface area contributed by atoms with Crippen molar-refractivity contribution in [3.8, 4) is 0 Å². The van der Waals surface area contributed by atoms with Crippen LogP contribution in [-0.4, -0.2) is 74.1 Å². The third-order valence-electron chi connectivity index (χ3n) is 5.61. The second-order valence-corrected chi connectivity index (χ2v) is 7.75. The molecule has 1 amide bonds. The SMILES string of the molecule is CC(C(=O)NCCN1CCCCC1)N1CCN(c2ccccc2Cl)CC1. The summed E-state index contributed by atoms with van der Waals surface area (Å²) >= 11 is 6.30. The van der Waals surface area contributed by atoms with Gasteiger partial charge in [-0.25, -0.2) is 0 Å². The first-order valence-corrected chi connectivity index (χ1v) is 10.3. The minimum atomic E-state index is -0.0789. The molecule has 2 saturated heterocycles. The van der Waals surface area contributed by atoms with Gasteiger partial charge in [-0.2, -0.15) is 0 Å². The summed E-state index contributed by atoms with van der Waals surface area (Å²) in [4.78, 5) is 19.5. The zero-order chi connectivity index (χ0) is 18.4. The van der Waals surface area contributed by atoms with Crippen LogP contribution in [0.2, 0.25) is 5.02 Å². The van der Waals surface area contributed by atoms with E-state index in [1.54, 1.807) is 0 Å². The Balaban J connectivity index is 1.40. The van der Waals surface area contributed by atoms with Crippen LogP contribution in [0.5, 0.6) is 0 Å². The van der Waals surface area contributed by atoms with Crippen LogP contribution in [0, 0.1) is 0 Å². The van der Waals surface area contributed by atoms with E-state index < -0.39 is 0 Å². The molecule has 6 heteroatoms. The molecule has 2 aliphatic rings. The number of nitrogens with one attached hydrogen (secondary N) is 1. The summed E-state index contributed by atoms with van der Waals surface area (Å²) in [5.41, 5.74) is 1.09. The lowest BCUT2D eigenvalue weighted by Gasteiger charge is -2.38. The van der Waals surface area contributed by atoms with Gasteiger partial charge in [-0.15, -0.1) is 0 Å². The number of likely N-dealkylation sites (tertiary alicyclic amines) is 1. The number of hydrogen-bond acceptors (Lipinski definition) is 4. The van der Waals surface area contributed by atoms with E-state index in [-0.39, 0.29) is 11.9 Å². The number of rotatable bonds is 6. The smallest absolute Gasteiger partial charge is 0.237 e. The number of piperidine rings is 1. The van der Waals surface area contributed by atoms with Crippen LogP contribution in [-0.2, 0) is 4.79 Å². The van der Waals surface area contributed by atoms with Gasteiger partial charge in [0.15, 0.2) is 0 Å². The standard InChI is InChI=1S/C20H31ClN4O/c1-17(20(26)22-9-12-23-10-5-2-6-11-23)24-13-15-25(16-14-24)19-8-4-3-7-18(19)21/h3-4,7-8,17H,2,5-6,9-16H2,1H3,(H,22,26). The highest BCUT2D eigenvalue weighted by molar-refractivity contribution is 6.33. The van der Waals surface area contributed by atoms with Gasteiger partial charge in [0.2, 0.25) is 5.91 Å². The first-order chi connectivity index (χ1) is 12.6. The van der Waals surface area contributed by atoms with Crippen LogP contribution in [0.4, 0.5) is 5.69 Å². The van der Waals surface area contributed by atoms with Gasteiger partial charge < -0.3 is 15.1 Å². The lowest BCUT2D eigenvalue weighted by Crippen LogP contribution is -2.54. The highest BCUT2D eigenvalue weighted by Crippen LogP contribution is 2.26. The van der Waals surface area contributed by atoms with Crippen molar-refractivity contribution in [1.29, 1.82) is 0 Å². The number of para-hydroxylation sites is 1. The van der Waals surface area contributed by atoms with Crippen molar-refractivity contribution in [3.63, 3.8) is 0 Å². The molecule has 5 nitrogen and oxygen atoms in total. The maximum absolute atomic E-state index is 12.5. The number of halogens is 1. The van der Waals surface area contributed by atoms with Gasteiger partial charge in [0.1, 0.15) is 0 Å². The fraction of sp³-hybridized carbons (Fsp3) is 0.650. The lowest BCUT2D eigenvalue weighted by atomic mass is 10.1. The fourth-order valence-electron chi connectivity index (χ4n) is 3.89. The Bertz CT molecular complexity index is 583. The van der Waals surface area contributed by atoms with E-state index in [0.29, 0.717) is 0 Å². The van der Waals surface area contributed by atoms with Crippen molar-refractivity contribution in [2.45, 2.75) is 32.2 Å². The Hall–Kier alpha value is -1.30. The predicted octanol–water partition coefficient (Wildman–Crippen LogP) is 2.45. The Morgan fingerprint density at radius 2 is 1.77 bits per heavy atom. The molecule has 3 rings (SSSR count). The first kappa shape index (κ1) is 19.5. The Morgan fingerprint density at radius 3 is 2.46 bits per heavy atom. The molecule has 0 bridgehead atoms. The average Bonchev–Trinajstić information content (AvgIpc) is 2.69. The van der Waals surface area contributed by atoms with Crippen LogP contribution in [0.15, 0.2) is 24.3 Å². The van der Waals surface area contributed by atoms with E-state index in [1.807, 2.05) is 25.1 Å². The molecule has 1 aromatic carbocycles. The number of hydrogen-bond donors (Lipinski definition) is 1. The molecule has 0 radical (unpaired) electrons. The number of benzene rings is 1. The molecular formula is C20H31ClN4O. The number of carbonyl (C=O) groups excluding carboxylic acids is 1. The van der Waals surface area contributed by atoms with E-state index in [1.165, 1.54) is 32.4 Å². The van der Waals surface area contributed by atoms with Crippen LogP contribution < -0.4 is 10.2 Å². The normalized spacial score (nSPS) is 20.8. The maximum atomic E-state index is 12.5. The number of piperazine rings is 1. The molecule has 144 valence electrons. The van der Waals surface area contributed by atoms with Gasteiger partial charge in [0.25, 0.3) is 0 Å². The largest absolute Gasteiger partial charge is 0.368 e. The summed E-state index contributed by atoms with van der Waals surface area (Å²) in [5, 5.41) is 3.92. The summed E-state index contributed by atoms with van der Waals surface area (Å²) in [6.07, 6.45) is 3.93. The molecule has 0 spiro atoms. The molecule has 1 aromatic rings. The molecular weight excluding hydrogens is 348 g/mol. The summed E-state index contributed by atoms with van der Waals surface area (Å²) in [6, 6.07) is 7.89. The Morgan fingerprint density at radius 1 is 1.08 bits per heavy atom. The summed E-state index contributed by atoms with van der Waals surface area (Å²) in [7, 11) is 0. The minimum Gasteiger partial charge on any atom is -0.368 e. The minimum absolute atomic E-state index is 0.0789. The van der Waals surface area contributed by atoms with E-state index in [0.717, 1.165) is 50.0 Å². The van der Waals surface area contributed by atoms with Crippen LogP contribution in [0.3, 0.4) is 0 Å². The second kappa shape index (κ2) is 9.58. The topological polar surface area (TPSA) is 38.8 Å². The van der Waals surface area contributed by atoms with Crippen molar-refractivity contribution in [1.82, 2.24) is 15.1 Å². The van der Waals surface area contributed by atoms with Gasteiger partial charge in [-0.1, -0.05) is 30.2 Å². The summed E-state index contributed by atoms with van der Waals surface area (Å²) < 4.78 is 0. The quantitative estimate of drug-likeness (QED) is 0.825.